The smallest absolute Gasteiger partial charge is 0.339 e. The first-order chi connectivity index (χ1) is 12.0. The minimum absolute atomic E-state index is 0.321. The molecule has 0 unspecified atom stereocenters. The molecule has 2 rings (SSSR count). The maximum absolute atomic E-state index is 12.4. The molecule has 2 aromatic rings. The molecule has 0 atom stereocenters. The first-order valence-corrected chi connectivity index (χ1v) is 8.05. The Morgan fingerprint density at radius 1 is 1.08 bits per heavy atom. The van der Waals surface area contributed by atoms with Crippen molar-refractivity contribution in [2.24, 2.45) is 5.92 Å². The van der Waals surface area contributed by atoms with Crippen molar-refractivity contribution in [3.8, 4) is 17.2 Å². The number of hydrogen-bond acceptors (Lipinski definition) is 4. The molecule has 0 aromatic heterocycles. The molecule has 5 heteroatoms. The second-order valence-corrected chi connectivity index (χ2v) is 5.98. The summed E-state index contributed by atoms with van der Waals surface area (Å²) in [6.07, 6.45) is 0. The van der Waals surface area contributed by atoms with E-state index in [0.717, 1.165) is 0 Å². The largest absolute Gasteiger partial charge is 0.452 e. The Labute approximate surface area is 147 Å². The summed E-state index contributed by atoms with van der Waals surface area (Å²) in [6, 6.07) is 16.0. The molecule has 0 aliphatic heterocycles. The summed E-state index contributed by atoms with van der Waals surface area (Å²) < 4.78 is 5.12. The van der Waals surface area contributed by atoms with Gasteiger partial charge in [0.2, 0.25) is 0 Å². The van der Waals surface area contributed by atoms with Gasteiger partial charge in [0, 0.05) is 12.1 Å². The minimum atomic E-state index is -0.594. The van der Waals surface area contributed by atoms with E-state index in [4.69, 9.17) is 4.74 Å². The van der Waals surface area contributed by atoms with Crippen LogP contribution < -0.4 is 5.32 Å². The molecule has 0 bridgehead atoms. The van der Waals surface area contributed by atoms with Gasteiger partial charge in [0.1, 0.15) is 0 Å². The highest BCUT2D eigenvalue weighted by Gasteiger charge is 2.17. The third-order valence-electron chi connectivity index (χ3n) is 3.53. The van der Waals surface area contributed by atoms with Crippen molar-refractivity contribution >= 4 is 11.9 Å². The first-order valence-electron chi connectivity index (χ1n) is 8.05. The molecule has 0 heterocycles. The second-order valence-electron chi connectivity index (χ2n) is 5.98. The van der Waals surface area contributed by atoms with Crippen LogP contribution in [0.2, 0.25) is 0 Å². The summed E-state index contributed by atoms with van der Waals surface area (Å²) in [7, 11) is 0. The average molecular weight is 336 g/mol. The number of esters is 1. The monoisotopic (exact) mass is 336 g/mol. The van der Waals surface area contributed by atoms with Crippen LogP contribution in [-0.2, 0) is 9.53 Å². The van der Waals surface area contributed by atoms with Gasteiger partial charge in [-0.25, -0.2) is 4.79 Å². The molecular weight excluding hydrogens is 316 g/mol. The lowest BCUT2D eigenvalue weighted by Crippen LogP contribution is -2.31. The van der Waals surface area contributed by atoms with Gasteiger partial charge in [0.25, 0.3) is 5.91 Å². The molecule has 0 aliphatic carbocycles. The predicted octanol–water partition coefficient (Wildman–Crippen LogP) is 3.15. The summed E-state index contributed by atoms with van der Waals surface area (Å²) in [5.74, 6) is -0.608. The van der Waals surface area contributed by atoms with E-state index in [0.29, 0.717) is 34.7 Å². The molecule has 0 saturated carbocycles. The van der Waals surface area contributed by atoms with Gasteiger partial charge in [-0.3, -0.25) is 4.79 Å². The van der Waals surface area contributed by atoms with Crippen LogP contribution in [0.4, 0.5) is 0 Å². The third kappa shape index (κ3) is 4.92. The molecule has 128 valence electrons. The Hall–Kier alpha value is -3.13. The number of nitrogens with one attached hydrogen (secondary N) is 1. The van der Waals surface area contributed by atoms with Gasteiger partial charge < -0.3 is 10.1 Å². The summed E-state index contributed by atoms with van der Waals surface area (Å²) in [5.41, 5.74) is 2.05. The lowest BCUT2D eigenvalue weighted by molar-refractivity contribution is -0.124. The molecule has 1 amide bonds. The van der Waals surface area contributed by atoms with E-state index in [1.54, 1.807) is 48.5 Å². The van der Waals surface area contributed by atoms with Crippen LogP contribution in [0, 0.1) is 17.2 Å². The summed E-state index contributed by atoms with van der Waals surface area (Å²) in [5, 5.41) is 12.0. The minimum Gasteiger partial charge on any atom is -0.452 e. The van der Waals surface area contributed by atoms with Crippen molar-refractivity contribution in [2.45, 2.75) is 13.8 Å². The molecule has 25 heavy (non-hydrogen) atoms. The molecule has 1 N–H and O–H groups in total. The highest BCUT2D eigenvalue weighted by Crippen LogP contribution is 2.27. The standard InChI is InChI=1S/C20H20N2O3/c1-14(2)12-22-19(23)13-25-20(24)18-10-6-5-9-17(18)16-8-4-3-7-15(16)11-21/h3-10,14H,12-13H2,1-2H3,(H,22,23). The normalized spacial score (nSPS) is 10.2. The number of carbonyl (C=O) groups excluding carboxylic acids is 2. The Morgan fingerprint density at radius 2 is 1.72 bits per heavy atom. The molecule has 5 nitrogen and oxygen atoms in total. The van der Waals surface area contributed by atoms with E-state index in [9.17, 15) is 14.9 Å². The quantitative estimate of drug-likeness (QED) is 0.822. The van der Waals surface area contributed by atoms with Crippen molar-refractivity contribution in [3.05, 3.63) is 59.7 Å². The SMILES string of the molecule is CC(C)CNC(=O)COC(=O)c1ccccc1-c1ccccc1C#N. The van der Waals surface area contributed by atoms with Crippen LogP contribution in [0.5, 0.6) is 0 Å². The summed E-state index contributed by atoms with van der Waals surface area (Å²) in [4.78, 5) is 24.1. The highest BCUT2D eigenvalue weighted by molar-refractivity contribution is 5.98. The number of amides is 1. The van der Waals surface area contributed by atoms with Crippen molar-refractivity contribution in [1.82, 2.24) is 5.32 Å². The second kappa shape index (κ2) is 8.65. The molecule has 0 spiro atoms. The number of benzene rings is 2. The zero-order chi connectivity index (χ0) is 18.2. The fourth-order valence-corrected chi connectivity index (χ4v) is 2.29. The van der Waals surface area contributed by atoms with Crippen molar-refractivity contribution in [1.29, 1.82) is 5.26 Å². The highest BCUT2D eigenvalue weighted by atomic mass is 16.5. The molecule has 0 radical (unpaired) electrons. The van der Waals surface area contributed by atoms with E-state index < -0.39 is 5.97 Å². The Kier molecular flexibility index (Phi) is 6.30. The number of nitriles is 1. The van der Waals surface area contributed by atoms with E-state index in [1.165, 1.54) is 0 Å². The number of hydrogen-bond donors (Lipinski definition) is 1. The lowest BCUT2D eigenvalue weighted by Gasteiger charge is -2.11. The summed E-state index contributed by atoms with van der Waals surface area (Å²) in [6.45, 7) is 4.16. The van der Waals surface area contributed by atoms with Crippen molar-refractivity contribution in [3.63, 3.8) is 0 Å². The van der Waals surface area contributed by atoms with Gasteiger partial charge >= 0.3 is 5.97 Å². The summed E-state index contributed by atoms with van der Waals surface area (Å²) >= 11 is 0. The molecule has 0 fully saturated rings. The number of rotatable bonds is 6. The Morgan fingerprint density at radius 3 is 2.40 bits per heavy atom. The predicted molar refractivity (Wildman–Crippen MR) is 94.7 cm³/mol. The van der Waals surface area contributed by atoms with Gasteiger partial charge in [-0.05, 0) is 23.6 Å². The van der Waals surface area contributed by atoms with Crippen LogP contribution in [0.1, 0.15) is 29.8 Å². The van der Waals surface area contributed by atoms with Crippen LogP contribution >= 0.6 is 0 Å². The third-order valence-corrected chi connectivity index (χ3v) is 3.53. The van der Waals surface area contributed by atoms with Gasteiger partial charge in [0.15, 0.2) is 6.61 Å². The number of carbonyl (C=O) groups is 2. The van der Waals surface area contributed by atoms with Gasteiger partial charge in [0.05, 0.1) is 17.2 Å². The van der Waals surface area contributed by atoms with Crippen LogP contribution in [0.15, 0.2) is 48.5 Å². The number of ether oxygens (including phenoxy) is 1. The zero-order valence-electron chi connectivity index (χ0n) is 14.3. The average Bonchev–Trinajstić information content (AvgIpc) is 2.64. The first kappa shape index (κ1) is 18.2. The van der Waals surface area contributed by atoms with Crippen LogP contribution in [-0.4, -0.2) is 25.0 Å². The number of nitrogens with zero attached hydrogens (tertiary/aromatic N) is 1. The van der Waals surface area contributed by atoms with Gasteiger partial charge in [-0.2, -0.15) is 5.26 Å². The van der Waals surface area contributed by atoms with Crippen LogP contribution in [0.25, 0.3) is 11.1 Å². The van der Waals surface area contributed by atoms with Gasteiger partial charge in [-0.15, -0.1) is 0 Å². The van der Waals surface area contributed by atoms with E-state index in [-0.39, 0.29) is 12.5 Å². The maximum Gasteiger partial charge on any atom is 0.339 e. The van der Waals surface area contributed by atoms with E-state index >= 15 is 0 Å². The van der Waals surface area contributed by atoms with E-state index in [1.807, 2.05) is 13.8 Å². The fraction of sp³-hybridized carbons (Fsp3) is 0.250. The van der Waals surface area contributed by atoms with Crippen LogP contribution in [0.3, 0.4) is 0 Å². The maximum atomic E-state index is 12.4. The zero-order valence-corrected chi connectivity index (χ0v) is 14.3. The lowest BCUT2D eigenvalue weighted by atomic mass is 9.96. The van der Waals surface area contributed by atoms with Crippen molar-refractivity contribution < 1.29 is 14.3 Å². The Bertz CT molecular complexity index is 807. The molecule has 2 aromatic carbocycles. The topological polar surface area (TPSA) is 79.2 Å². The van der Waals surface area contributed by atoms with E-state index in [2.05, 4.69) is 11.4 Å². The Balaban J connectivity index is 2.16. The molecular formula is C20H20N2O3. The molecule has 0 aliphatic rings. The van der Waals surface area contributed by atoms with Crippen molar-refractivity contribution in [2.75, 3.05) is 13.2 Å². The molecule has 0 saturated heterocycles. The fourth-order valence-electron chi connectivity index (χ4n) is 2.29. The van der Waals surface area contributed by atoms with Gasteiger partial charge in [-0.1, -0.05) is 50.2 Å².